The van der Waals surface area contributed by atoms with Gasteiger partial charge in [0.05, 0.1) is 0 Å². The Hall–Kier alpha value is -1.12. The van der Waals surface area contributed by atoms with E-state index in [4.69, 9.17) is 0 Å². The molecule has 0 saturated heterocycles. The molecule has 0 amide bonds. The van der Waals surface area contributed by atoms with Gasteiger partial charge >= 0.3 is 0 Å². The lowest BCUT2D eigenvalue weighted by Crippen LogP contribution is -2.22. The summed E-state index contributed by atoms with van der Waals surface area (Å²) in [6.45, 7) is 3.85. The van der Waals surface area contributed by atoms with Crippen molar-refractivity contribution in [2.24, 2.45) is 0 Å². The zero-order valence-electron chi connectivity index (χ0n) is 9.94. The molecule has 2 aromatic rings. The molecule has 0 aliphatic rings. The molecule has 1 atom stereocenters. The van der Waals surface area contributed by atoms with Gasteiger partial charge in [-0.1, -0.05) is 58.4 Å². The molecule has 0 spiro atoms. The molecule has 1 nitrogen and oxygen atoms in total. The lowest BCUT2D eigenvalue weighted by Gasteiger charge is -2.25. The van der Waals surface area contributed by atoms with Crippen LogP contribution >= 0.6 is 15.9 Å². The van der Waals surface area contributed by atoms with Crippen molar-refractivity contribution in [3.63, 3.8) is 0 Å². The second-order valence-electron chi connectivity index (χ2n) is 4.40. The van der Waals surface area contributed by atoms with E-state index < -0.39 is 5.60 Å². The van der Waals surface area contributed by atoms with Gasteiger partial charge in [0.25, 0.3) is 0 Å². The lowest BCUT2D eigenvalue weighted by atomic mass is 9.87. The van der Waals surface area contributed by atoms with E-state index in [9.17, 15) is 5.11 Å². The number of rotatable bonds is 2. The fourth-order valence-corrected chi connectivity index (χ4v) is 2.12. The van der Waals surface area contributed by atoms with E-state index >= 15 is 0 Å². The second-order valence-corrected chi connectivity index (χ2v) is 5.26. The van der Waals surface area contributed by atoms with Crippen LogP contribution in [0.5, 0.6) is 0 Å². The minimum Gasteiger partial charge on any atom is -0.381 e. The van der Waals surface area contributed by atoms with Crippen molar-refractivity contribution in [2.75, 3.05) is 0 Å². The van der Waals surface area contributed by atoms with E-state index in [-0.39, 0.29) is 0 Å². The molecule has 2 aromatic carbocycles. The molecule has 0 heterocycles. The Morgan fingerprint density at radius 1 is 1.00 bits per heavy atom. The molecule has 1 N–H and O–H groups in total. The smallest absolute Gasteiger partial charge is 0.112 e. The maximum atomic E-state index is 10.7. The molecule has 2 heteroatoms. The first-order valence-electron chi connectivity index (χ1n) is 5.56. The Bertz CT molecular complexity index is 518. The quantitative estimate of drug-likeness (QED) is 0.886. The molecule has 0 saturated carbocycles. The van der Waals surface area contributed by atoms with Gasteiger partial charge in [-0.25, -0.2) is 0 Å². The summed E-state index contributed by atoms with van der Waals surface area (Å²) in [5.41, 5.74) is 1.98. The number of aliphatic hydroxyl groups is 1. The van der Waals surface area contributed by atoms with Crippen molar-refractivity contribution < 1.29 is 5.11 Å². The standard InChI is InChI=1S/C15H15BrO/c1-11-10-13(8-9-14(11)16)15(2,17)12-6-4-3-5-7-12/h3-10,17H,1-2H3. The molecule has 0 aliphatic carbocycles. The van der Waals surface area contributed by atoms with Gasteiger partial charge in [0.1, 0.15) is 5.60 Å². The first kappa shape index (κ1) is 12.3. The van der Waals surface area contributed by atoms with E-state index in [2.05, 4.69) is 15.9 Å². The van der Waals surface area contributed by atoms with Crippen molar-refractivity contribution >= 4 is 15.9 Å². The second kappa shape index (κ2) is 4.63. The van der Waals surface area contributed by atoms with Crippen LogP contribution in [0.2, 0.25) is 0 Å². The maximum absolute atomic E-state index is 10.7. The average Bonchev–Trinajstić information content (AvgIpc) is 2.33. The summed E-state index contributed by atoms with van der Waals surface area (Å²) in [5.74, 6) is 0. The van der Waals surface area contributed by atoms with E-state index in [1.165, 1.54) is 0 Å². The molecular weight excluding hydrogens is 276 g/mol. The number of benzene rings is 2. The normalized spacial score (nSPS) is 14.4. The molecule has 88 valence electrons. The molecule has 17 heavy (non-hydrogen) atoms. The number of aryl methyl sites for hydroxylation is 1. The first-order valence-corrected chi connectivity index (χ1v) is 6.35. The molecule has 1 unspecified atom stereocenters. The van der Waals surface area contributed by atoms with Gasteiger partial charge in [-0.3, -0.25) is 0 Å². The van der Waals surface area contributed by atoms with Crippen LogP contribution in [0.4, 0.5) is 0 Å². The van der Waals surface area contributed by atoms with Gasteiger partial charge in [-0.15, -0.1) is 0 Å². The van der Waals surface area contributed by atoms with Crippen LogP contribution in [-0.2, 0) is 5.60 Å². The van der Waals surface area contributed by atoms with Gasteiger partial charge in [-0.05, 0) is 36.6 Å². The average molecular weight is 291 g/mol. The maximum Gasteiger partial charge on any atom is 0.112 e. The highest BCUT2D eigenvalue weighted by Gasteiger charge is 2.25. The predicted molar refractivity (Wildman–Crippen MR) is 74.0 cm³/mol. The summed E-state index contributed by atoms with van der Waals surface area (Å²) in [6, 6.07) is 15.6. The largest absolute Gasteiger partial charge is 0.381 e. The van der Waals surface area contributed by atoms with E-state index in [1.54, 1.807) is 0 Å². The van der Waals surface area contributed by atoms with Crippen molar-refractivity contribution in [2.45, 2.75) is 19.4 Å². The SMILES string of the molecule is Cc1cc(C(C)(O)c2ccccc2)ccc1Br. The highest BCUT2D eigenvalue weighted by atomic mass is 79.9. The van der Waals surface area contributed by atoms with Crippen LogP contribution < -0.4 is 0 Å². The monoisotopic (exact) mass is 290 g/mol. The van der Waals surface area contributed by atoms with Crippen molar-refractivity contribution in [1.82, 2.24) is 0 Å². The Morgan fingerprint density at radius 2 is 1.65 bits per heavy atom. The molecule has 0 bridgehead atoms. The van der Waals surface area contributed by atoms with Crippen LogP contribution in [0.15, 0.2) is 53.0 Å². The lowest BCUT2D eigenvalue weighted by molar-refractivity contribution is 0.102. The molecule has 0 fully saturated rings. The van der Waals surface area contributed by atoms with Crippen molar-refractivity contribution in [1.29, 1.82) is 0 Å². The summed E-state index contributed by atoms with van der Waals surface area (Å²) < 4.78 is 1.06. The minimum atomic E-state index is -0.952. The fraction of sp³-hybridized carbons (Fsp3) is 0.200. The summed E-state index contributed by atoms with van der Waals surface area (Å²) in [5, 5.41) is 10.7. The summed E-state index contributed by atoms with van der Waals surface area (Å²) in [6.07, 6.45) is 0. The third-order valence-electron chi connectivity index (χ3n) is 3.06. The van der Waals surface area contributed by atoms with Gasteiger partial charge < -0.3 is 5.11 Å². The van der Waals surface area contributed by atoms with Crippen LogP contribution in [-0.4, -0.2) is 5.11 Å². The Labute approximate surface area is 110 Å². The third-order valence-corrected chi connectivity index (χ3v) is 3.95. The minimum absolute atomic E-state index is 0.904. The van der Waals surface area contributed by atoms with Gasteiger partial charge in [0.15, 0.2) is 0 Å². The van der Waals surface area contributed by atoms with E-state index in [1.807, 2.05) is 62.4 Å². The first-order chi connectivity index (χ1) is 8.01. The zero-order valence-corrected chi connectivity index (χ0v) is 11.5. The molecule has 0 aromatic heterocycles. The summed E-state index contributed by atoms with van der Waals surface area (Å²) in [4.78, 5) is 0. The van der Waals surface area contributed by atoms with E-state index in [0.717, 1.165) is 21.2 Å². The molecule has 0 aliphatic heterocycles. The summed E-state index contributed by atoms with van der Waals surface area (Å²) in [7, 11) is 0. The Balaban J connectivity index is 2.48. The molecule has 2 rings (SSSR count). The van der Waals surface area contributed by atoms with Gasteiger partial charge in [0.2, 0.25) is 0 Å². The van der Waals surface area contributed by atoms with Gasteiger partial charge in [-0.2, -0.15) is 0 Å². The number of hydrogen-bond acceptors (Lipinski definition) is 1. The fourth-order valence-electron chi connectivity index (χ4n) is 1.88. The Kier molecular flexibility index (Phi) is 3.36. The van der Waals surface area contributed by atoms with Gasteiger partial charge in [0, 0.05) is 4.47 Å². The molecular formula is C15H15BrO. The predicted octanol–water partition coefficient (Wildman–Crippen LogP) is 4.01. The van der Waals surface area contributed by atoms with Crippen LogP contribution in [0.1, 0.15) is 23.6 Å². The van der Waals surface area contributed by atoms with Crippen LogP contribution in [0, 0.1) is 6.92 Å². The highest BCUT2D eigenvalue weighted by molar-refractivity contribution is 9.10. The van der Waals surface area contributed by atoms with Crippen molar-refractivity contribution in [3.05, 3.63) is 69.7 Å². The number of hydrogen-bond donors (Lipinski definition) is 1. The van der Waals surface area contributed by atoms with Crippen LogP contribution in [0.3, 0.4) is 0 Å². The van der Waals surface area contributed by atoms with Crippen LogP contribution in [0.25, 0.3) is 0 Å². The highest BCUT2D eigenvalue weighted by Crippen LogP contribution is 2.31. The third kappa shape index (κ3) is 2.43. The van der Waals surface area contributed by atoms with Crippen molar-refractivity contribution in [3.8, 4) is 0 Å². The Morgan fingerprint density at radius 3 is 2.24 bits per heavy atom. The molecule has 0 radical (unpaired) electrons. The number of halogens is 1. The zero-order chi connectivity index (χ0) is 12.5. The topological polar surface area (TPSA) is 20.2 Å². The summed E-state index contributed by atoms with van der Waals surface area (Å²) >= 11 is 3.47. The van der Waals surface area contributed by atoms with E-state index in [0.29, 0.717) is 0 Å².